The van der Waals surface area contributed by atoms with Crippen molar-refractivity contribution in [3.8, 4) is 0 Å². The molecule has 0 aromatic carbocycles. The molecule has 0 aromatic heterocycles. The monoisotopic (exact) mass is 110 g/mol. The Labute approximate surface area is 52.1 Å². The third-order valence-corrected chi connectivity index (χ3v) is 0.948. The molecule has 0 saturated carbocycles. The highest BCUT2D eigenvalue weighted by molar-refractivity contribution is 6.08. The molecule has 0 unspecified atom stereocenters. The van der Waals surface area contributed by atoms with Crippen molar-refractivity contribution in [3.05, 3.63) is 12.3 Å². The van der Waals surface area contributed by atoms with Gasteiger partial charge in [0.05, 0.1) is 20.7 Å². The molecule has 0 rings (SSSR count). The van der Waals surface area contributed by atoms with E-state index >= 15 is 0 Å². The maximum absolute atomic E-state index is 5.23. The summed E-state index contributed by atoms with van der Waals surface area (Å²) < 4.78 is 4.80. The summed E-state index contributed by atoms with van der Waals surface area (Å²) in [6.07, 6.45) is 2.56. The Kier molecular flexibility index (Phi) is 4.52. The van der Waals surface area contributed by atoms with Crippen LogP contribution in [0.15, 0.2) is 12.3 Å². The zero-order valence-electron chi connectivity index (χ0n) is 5.31. The smallest absolute Gasteiger partial charge is 0.0883 e. The largest absolute Gasteiger partial charge is 0.502 e. The minimum absolute atomic E-state index is 0.711. The molecule has 0 bridgehead atoms. The predicted molar refractivity (Wildman–Crippen MR) is 35.9 cm³/mol. The summed E-state index contributed by atoms with van der Waals surface area (Å²) >= 11 is 0. The Morgan fingerprint density at radius 3 is 2.75 bits per heavy atom. The third kappa shape index (κ3) is 3.78. The standard InChI is InChI=1S/C6H11BO/c1-6(8-2)4-3-5-7/h1,3-5H2,2H3. The second-order valence-corrected chi connectivity index (χ2v) is 1.64. The molecule has 44 valence electrons. The minimum Gasteiger partial charge on any atom is -0.502 e. The summed E-state index contributed by atoms with van der Waals surface area (Å²) in [6, 6.07) is 0. The molecule has 0 heterocycles. The molecule has 0 fully saturated rings. The van der Waals surface area contributed by atoms with Crippen LogP contribution in [0.1, 0.15) is 12.8 Å². The molecule has 2 heteroatoms. The third-order valence-electron chi connectivity index (χ3n) is 0.948. The van der Waals surface area contributed by atoms with Crippen molar-refractivity contribution in [2.45, 2.75) is 19.2 Å². The highest BCUT2D eigenvalue weighted by atomic mass is 16.5. The second-order valence-electron chi connectivity index (χ2n) is 1.64. The number of allylic oxidation sites excluding steroid dienone is 1. The molecule has 0 spiro atoms. The molecule has 0 aliphatic rings. The molecular formula is C6H11BO. The Bertz CT molecular complexity index is 70.9. The van der Waals surface area contributed by atoms with Crippen LogP contribution in [0.2, 0.25) is 6.32 Å². The summed E-state index contributed by atoms with van der Waals surface area (Å²) in [4.78, 5) is 0. The topological polar surface area (TPSA) is 9.23 Å². The summed E-state index contributed by atoms with van der Waals surface area (Å²) in [5.41, 5.74) is 0. The van der Waals surface area contributed by atoms with Crippen LogP contribution in [0, 0.1) is 0 Å². The number of methoxy groups -OCH3 is 1. The van der Waals surface area contributed by atoms with E-state index in [0.29, 0.717) is 6.32 Å². The lowest BCUT2D eigenvalue weighted by atomic mass is 10.0. The van der Waals surface area contributed by atoms with Gasteiger partial charge in [0.2, 0.25) is 0 Å². The van der Waals surface area contributed by atoms with Gasteiger partial charge in [-0.3, -0.25) is 0 Å². The average molecular weight is 110 g/mol. The van der Waals surface area contributed by atoms with Gasteiger partial charge in [0, 0.05) is 6.42 Å². The maximum Gasteiger partial charge on any atom is 0.0883 e. The van der Waals surface area contributed by atoms with Gasteiger partial charge < -0.3 is 4.74 Å². The van der Waals surface area contributed by atoms with Gasteiger partial charge in [-0.2, -0.15) is 0 Å². The molecule has 2 radical (unpaired) electrons. The van der Waals surface area contributed by atoms with Crippen LogP contribution in [0.25, 0.3) is 0 Å². The summed E-state index contributed by atoms with van der Waals surface area (Å²) in [7, 11) is 6.86. The van der Waals surface area contributed by atoms with E-state index in [-0.39, 0.29) is 0 Å². The van der Waals surface area contributed by atoms with E-state index in [1.54, 1.807) is 7.11 Å². The van der Waals surface area contributed by atoms with Gasteiger partial charge in [-0.1, -0.05) is 19.3 Å². The maximum atomic E-state index is 5.23. The van der Waals surface area contributed by atoms with Gasteiger partial charge in [0.15, 0.2) is 0 Å². The Morgan fingerprint density at radius 2 is 2.38 bits per heavy atom. The highest BCUT2D eigenvalue weighted by Gasteiger charge is 1.87. The lowest BCUT2D eigenvalue weighted by Gasteiger charge is -2.00. The molecule has 1 nitrogen and oxygen atoms in total. The zero-order chi connectivity index (χ0) is 6.41. The van der Waals surface area contributed by atoms with Crippen molar-refractivity contribution in [1.29, 1.82) is 0 Å². The van der Waals surface area contributed by atoms with Crippen LogP contribution < -0.4 is 0 Å². The van der Waals surface area contributed by atoms with E-state index in [4.69, 9.17) is 12.6 Å². The van der Waals surface area contributed by atoms with Crippen molar-refractivity contribution in [2.24, 2.45) is 0 Å². The van der Waals surface area contributed by atoms with E-state index in [0.717, 1.165) is 18.6 Å². The predicted octanol–water partition coefficient (Wildman–Crippen LogP) is 1.51. The fourth-order valence-electron chi connectivity index (χ4n) is 0.401. The average Bonchev–Trinajstić information content (AvgIpc) is 1.83. The molecule has 8 heavy (non-hydrogen) atoms. The Morgan fingerprint density at radius 1 is 1.75 bits per heavy atom. The first-order valence-electron chi connectivity index (χ1n) is 2.73. The first-order valence-corrected chi connectivity index (χ1v) is 2.73. The molecule has 0 N–H and O–H groups in total. The molecule has 0 atom stereocenters. The van der Waals surface area contributed by atoms with Crippen molar-refractivity contribution in [3.63, 3.8) is 0 Å². The van der Waals surface area contributed by atoms with E-state index in [1.165, 1.54) is 0 Å². The fraction of sp³-hybridized carbons (Fsp3) is 0.667. The van der Waals surface area contributed by atoms with Crippen molar-refractivity contribution >= 4 is 7.85 Å². The Hall–Kier alpha value is -0.395. The number of hydrogen-bond donors (Lipinski definition) is 0. The van der Waals surface area contributed by atoms with Gasteiger partial charge in [-0.05, 0) is 0 Å². The number of ether oxygens (including phenoxy) is 1. The minimum atomic E-state index is 0.711. The fourth-order valence-corrected chi connectivity index (χ4v) is 0.401. The molecule has 0 saturated heterocycles. The van der Waals surface area contributed by atoms with Crippen LogP contribution in [-0.2, 0) is 4.74 Å². The first kappa shape index (κ1) is 7.60. The van der Waals surface area contributed by atoms with Gasteiger partial charge in [0.1, 0.15) is 0 Å². The summed E-state index contributed by atoms with van der Waals surface area (Å²) in [6.45, 7) is 3.63. The molecule has 0 aliphatic carbocycles. The van der Waals surface area contributed by atoms with E-state index in [2.05, 4.69) is 6.58 Å². The summed E-state index contributed by atoms with van der Waals surface area (Å²) in [5.74, 6) is 0.815. The summed E-state index contributed by atoms with van der Waals surface area (Å²) in [5, 5.41) is 0. The van der Waals surface area contributed by atoms with Gasteiger partial charge in [-0.25, -0.2) is 0 Å². The number of hydrogen-bond acceptors (Lipinski definition) is 1. The van der Waals surface area contributed by atoms with Crippen molar-refractivity contribution < 1.29 is 4.74 Å². The second kappa shape index (κ2) is 4.76. The van der Waals surface area contributed by atoms with Crippen LogP contribution in [0.3, 0.4) is 0 Å². The molecule has 0 aliphatic heterocycles. The van der Waals surface area contributed by atoms with E-state index in [1.807, 2.05) is 0 Å². The normalized spacial score (nSPS) is 8.62. The molecule has 0 amide bonds. The van der Waals surface area contributed by atoms with Gasteiger partial charge in [-0.15, -0.1) is 0 Å². The lowest BCUT2D eigenvalue weighted by molar-refractivity contribution is 0.278. The highest BCUT2D eigenvalue weighted by Crippen LogP contribution is 2.02. The molecular weight excluding hydrogens is 98.9 g/mol. The van der Waals surface area contributed by atoms with Crippen LogP contribution >= 0.6 is 0 Å². The van der Waals surface area contributed by atoms with Crippen LogP contribution in [0.5, 0.6) is 0 Å². The number of rotatable bonds is 4. The van der Waals surface area contributed by atoms with Crippen molar-refractivity contribution in [2.75, 3.05) is 7.11 Å². The lowest BCUT2D eigenvalue weighted by Crippen LogP contribution is -1.83. The van der Waals surface area contributed by atoms with E-state index in [9.17, 15) is 0 Å². The van der Waals surface area contributed by atoms with Crippen molar-refractivity contribution in [1.82, 2.24) is 0 Å². The molecule has 0 aromatic rings. The van der Waals surface area contributed by atoms with Crippen LogP contribution in [-0.4, -0.2) is 15.0 Å². The first-order chi connectivity index (χ1) is 3.81. The van der Waals surface area contributed by atoms with E-state index < -0.39 is 0 Å². The quantitative estimate of drug-likeness (QED) is 0.393. The SMILES string of the molecule is [B]CCCC(=C)OC. The zero-order valence-corrected chi connectivity index (χ0v) is 5.31. The van der Waals surface area contributed by atoms with Crippen LogP contribution in [0.4, 0.5) is 0 Å². The van der Waals surface area contributed by atoms with Gasteiger partial charge in [0.25, 0.3) is 0 Å². The Balaban J connectivity index is 2.99. The van der Waals surface area contributed by atoms with Gasteiger partial charge >= 0.3 is 0 Å².